The summed E-state index contributed by atoms with van der Waals surface area (Å²) in [4.78, 5) is 8.15. The molecule has 0 spiro atoms. The van der Waals surface area contributed by atoms with E-state index in [-0.39, 0.29) is 29.7 Å². The number of nitrogens with one attached hydrogen (secondary N) is 1. The van der Waals surface area contributed by atoms with Gasteiger partial charge in [-0.3, -0.25) is 4.99 Å². The maximum absolute atomic E-state index is 12.2. The molecule has 1 aliphatic heterocycles. The molecule has 1 unspecified atom stereocenters. The molecule has 1 aromatic rings. The summed E-state index contributed by atoms with van der Waals surface area (Å²) in [5.74, 6) is 1.37. The molecule has 1 N–H and O–H groups in total. The average molecular weight is 485 g/mol. The van der Waals surface area contributed by atoms with Crippen LogP contribution in [0.3, 0.4) is 0 Å². The standard InChI is InChI=1S/C16H27N3O2S2.HI/c1-5-17-15(18-11-13(2)14-7-6-9-22-14)19-8-10-23(20,21)16(3,4)12-19;/h6-7,9,13H,5,8,10-12H2,1-4H3,(H,17,18);1H. The summed E-state index contributed by atoms with van der Waals surface area (Å²) < 4.78 is 23.6. The van der Waals surface area contributed by atoms with Gasteiger partial charge in [-0.25, -0.2) is 8.42 Å². The number of thiophene rings is 1. The van der Waals surface area contributed by atoms with Crippen LogP contribution in [0.15, 0.2) is 22.5 Å². The second-order valence-electron chi connectivity index (χ2n) is 6.61. The molecule has 1 aromatic heterocycles. The smallest absolute Gasteiger partial charge is 0.194 e. The van der Waals surface area contributed by atoms with Gasteiger partial charge in [0.05, 0.1) is 17.0 Å². The molecule has 0 saturated carbocycles. The molecule has 138 valence electrons. The molecule has 1 fully saturated rings. The summed E-state index contributed by atoms with van der Waals surface area (Å²) >= 11 is 1.75. The van der Waals surface area contributed by atoms with E-state index in [2.05, 4.69) is 34.7 Å². The zero-order valence-electron chi connectivity index (χ0n) is 14.8. The number of guanidine groups is 1. The molecule has 5 nitrogen and oxygen atoms in total. The Hall–Kier alpha value is -0.350. The van der Waals surface area contributed by atoms with E-state index < -0.39 is 14.6 Å². The van der Waals surface area contributed by atoms with Gasteiger partial charge in [-0.05, 0) is 32.2 Å². The minimum atomic E-state index is -3.03. The average Bonchev–Trinajstić information content (AvgIpc) is 3.00. The SMILES string of the molecule is CCNC(=NCC(C)c1cccs1)N1CCS(=O)(=O)C(C)(C)C1.I. The predicted molar refractivity (Wildman–Crippen MR) is 114 cm³/mol. The number of rotatable bonds is 4. The molecular weight excluding hydrogens is 457 g/mol. The Kier molecular flexibility index (Phi) is 7.99. The minimum Gasteiger partial charge on any atom is -0.357 e. The lowest BCUT2D eigenvalue weighted by Gasteiger charge is -2.39. The van der Waals surface area contributed by atoms with Crippen LogP contribution in [0.4, 0.5) is 0 Å². The van der Waals surface area contributed by atoms with Gasteiger partial charge in [0.1, 0.15) is 0 Å². The van der Waals surface area contributed by atoms with Gasteiger partial charge in [0.15, 0.2) is 15.8 Å². The van der Waals surface area contributed by atoms with Gasteiger partial charge in [-0.2, -0.15) is 0 Å². The van der Waals surface area contributed by atoms with E-state index in [1.165, 1.54) is 4.88 Å². The number of nitrogens with zero attached hydrogens (tertiary/aromatic N) is 2. The van der Waals surface area contributed by atoms with Crippen LogP contribution in [-0.4, -0.2) is 56.0 Å². The molecular formula is C16H28IN3O2S2. The van der Waals surface area contributed by atoms with Gasteiger partial charge in [0, 0.05) is 30.4 Å². The van der Waals surface area contributed by atoms with Crippen molar-refractivity contribution in [2.24, 2.45) is 4.99 Å². The second kappa shape index (κ2) is 8.84. The van der Waals surface area contributed by atoms with Gasteiger partial charge < -0.3 is 10.2 Å². The summed E-state index contributed by atoms with van der Waals surface area (Å²) in [5, 5.41) is 5.38. The highest BCUT2D eigenvalue weighted by atomic mass is 127. The number of halogens is 1. The van der Waals surface area contributed by atoms with Crippen LogP contribution >= 0.6 is 35.3 Å². The van der Waals surface area contributed by atoms with Crippen molar-refractivity contribution in [2.45, 2.75) is 38.4 Å². The van der Waals surface area contributed by atoms with Crippen molar-refractivity contribution < 1.29 is 8.42 Å². The van der Waals surface area contributed by atoms with Crippen LogP contribution in [-0.2, 0) is 9.84 Å². The molecule has 0 aromatic carbocycles. The predicted octanol–water partition coefficient (Wildman–Crippen LogP) is 2.94. The highest BCUT2D eigenvalue weighted by molar-refractivity contribution is 14.0. The molecule has 1 atom stereocenters. The fourth-order valence-corrected chi connectivity index (χ4v) is 4.78. The molecule has 1 aliphatic rings. The number of sulfone groups is 1. The second-order valence-corrected chi connectivity index (χ2v) is 10.3. The summed E-state index contributed by atoms with van der Waals surface area (Å²) in [6.07, 6.45) is 0. The van der Waals surface area contributed by atoms with E-state index in [0.717, 1.165) is 12.5 Å². The van der Waals surface area contributed by atoms with E-state index in [4.69, 9.17) is 4.99 Å². The van der Waals surface area contributed by atoms with Gasteiger partial charge in [0.25, 0.3) is 0 Å². The van der Waals surface area contributed by atoms with E-state index in [9.17, 15) is 8.42 Å². The topological polar surface area (TPSA) is 61.8 Å². The molecule has 2 heterocycles. The van der Waals surface area contributed by atoms with E-state index in [0.29, 0.717) is 25.6 Å². The Morgan fingerprint density at radius 1 is 1.50 bits per heavy atom. The number of hydrogen-bond donors (Lipinski definition) is 1. The first-order valence-corrected chi connectivity index (χ1v) is 10.6. The first-order valence-electron chi connectivity index (χ1n) is 8.06. The molecule has 24 heavy (non-hydrogen) atoms. The van der Waals surface area contributed by atoms with Crippen LogP contribution in [0.1, 0.15) is 38.5 Å². The van der Waals surface area contributed by atoms with E-state index in [1.807, 2.05) is 6.92 Å². The molecule has 0 radical (unpaired) electrons. The Balaban J connectivity index is 0.00000288. The van der Waals surface area contributed by atoms with Crippen LogP contribution in [0, 0.1) is 0 Å². The number of hydrogen-bond acceptors (Lipinski definition) is 4. The quantitative estimate of drug-likeness (QED) is 0.405. The van der Waals surface area contributed by atoms with Crippen molar-refractivity contribution in [2.75, 3.05) is 31.9 Å². The van der Waals surface area contributed by atoms with Crippen molar-refractivity contribution in [3.63, 3.8) is 0 Å². The third-order valence-electron chi connectivity index (χ3n) is 4.22. The highest BCUT2D eigenvalue weighted by Gasteiger charge is 2.40. The molecule has 0 bridgehead atoms. The first kappa shape index (κ1) is 21.7. The third-order valence-corrected chi connectivity index (χ3v) is 7.86. The molecule has 0 aliphatic carbocycles. The normalized spacial score (nSPS) is 21.0. The zero-order valence-corrected chi connectivity index (χ0v) is 18.7. The molecule has 2 rings (SSSR count). The summed E-state index contributed by atoms with van der Waals surface area (Å²) in [5.41, 5.74) is 0. The lowest BCUT2D eigenvalue weighted by atomic mass is 10.1. The van der Waals surface area contributed by atoms with Crippen LogP contribution in [0.2, 0.25) is 0 Å². The maximum atomic E-state index is 12.2. The third kappa shape index (κ3) is 5.08. The summed E-state index contributed by atoms with van der Waals surface area (Å²) in [7, 11) is -3.03. The van der Waals surface area contributed by atoms with Crippen molar-refractivity contribution in [1.82, 2.24) is 10.2 Å². The lowest BCUT2D eigenvalue weighted by Crippen LogP contribution is -2.57. The monoisotopic (exact) mass is 485 g/mol. The highest BCUT2D eigenvalue weighted by Crippen LogP contribution is 2.24. The van der Waals surface area contributed by atoms with Crippen molar-refractivity contribution in [3.05, 3.63) is 22.4 Å². The van der Waals surface area contributed by atoms with Crippen LogP contribution in [0.5, 0.6) is 0 Å². The Labute approximate surface area is 166 Å². The molecule has 8 heteroatoms. The van der Waals surface area contributed by atoms with E-state index >= 15 is 0 Å². The van der Waals surface area contributed by atoms with Gasteiger partial charge >= 0.3 is 0 Å². The largest absolute Gasteiger partial charge is 0.357 e. The zero-order chi connectivity index (χ0) is 17.1. The fraction of sp³-hybridized carbons (Fsp3) is 0.688. The van der Waals surface area contributed by atoms with E-state index in [1.54, 1.807) is 25.2 Å². The van der Waals surface area contributed by atoms with Crippen molar-refractivity contribution in [3.8, 4) is 0 Å². The maximum Gasteiger partial charge on any atom is 0.194 e. The van der Waals surface area contributed by atoms with Crippen molar-refractivity contribution in [1.29, 1.82) is 0 Å². The summed E-state index contributed by atoms with van der Waals surface area (Å²) in [6, 6.07) is 4.19. The molecule has 0 amide bonds. The molecule has 1 saturated heterocycles. The minimum absolute atomic E-state index is 0. The fourth-order valence-electron chi connectivity index (χ4n) is 2.64. The van der Waals surface area contributed by atoms with Crippen LogP contribution in [0.25, 0.3) is 0 Å². The van der Waals surface area contributed by atoms with Crippen molar-refractivity contribution >= 4 is 51.1 Å². The Morgan fingerprint density at radius 3 is 2.75 bits per heavy atom. The van der Waals surface area contributed by atoms with Gasteiger partial charge in [-0.1, -0.05) is 13.0 Å². The van der Waals surface area contributed by atoms with Gasteiger partial charge in [-0.15, -0.1) is 35.3 Å². The van der Waals surface area contributed by atoms with Gasteiger partial charge in [0.2, 0.25) is 0 Å². The first-order chi connectivity index (χ1) is 10.8. The van der Waals surface area contributed by atoms with Crippen LogP contribution < -0.4 is 5.32 Å². The lowest BCUT2D eigenvalue weighted by molar-refractivity contribution is 0.353. The number of aliphatic imine (C=N–C) groups is 1. The Morgan fingerprint density at radius 2 is 2.21 bits per heavy atom. The Bertz CT molecular complexity index is 642. The summed E-state index contributed by atoms with van der Waals surface area (Å²) in [6.45, 7) is 10.3.